The van der Waals surface area contributed by atoms with Crippen LogP contribution >= 0.6 is 38.9 Å². The van der Waals surface area contributed by atoms with Gasteiger partial charge in [-0.25, -0.2) is 0 Å². The second-order valence-corrected chi connectivity index (χ2v) is 6.43. The molecule has 0 aliphatic carbocycles. The Morgan fingerprint density at radius 1 is 1.62 bits per heavy atom. The predicted octanol–water partition coefficient (Wildman–Crippen LogP) is 3.79. The summed E-state index contributed by atoms with van der Waals surface area (Å²) in [4.78, 5) is 1.29. The Bertz CT molecular complexity index is 276. The number of thiophene rings is 1. The Hall–Kier alpha value is 0.430. The zero-order valence-corrected chi connectivity index (χ0v) is 10.9. The van der Waals surface area contributed by atoms with Crippen molar-refractivity contribution in [2.75, 3.05) is 6.54 Å². The van der Waals surface area contributed by atoms with Gasteiger partial charge in [-0.1, -0.05) is 25.4 Å². The molecule has 0 fully saturated rings. The molecule has 2 N–H and O–H groups in total. The van der Waals surface area contributed by atoms with Crippen molar-refractivity contribution in [3.8, 4) is 0 Å². The summed E-state index contributed by atoms with van der Waals surface area (Å²) < 4.78 is 1.01. The maximum atomic E-state index is 5.97. The molecule has 0 spiro atoms. The van der Waals surface area contributed by atoms with Crippen molar-refractivity contribution in [3.63, 3.8) is 0 Å². The van der Waals surface area contributed by atoms with E-state index >= 15 is 0 Å². The zero-order chi connectivity index (χ0) is 10.1. The molecule has 1 aromatic heterocycles. The monoisotopic (exact) mass is 281 g/mol. The van der Waals surface area contributed by atoms with Crippen molar-refractivity contribution in [2.24, 2.45) is 5.73 Å². The molecule has 0 aromatic carbocycles. The Morgan fingerprint density at radius 2 is 2.23 bits per heavy atom. The van der Waals surface area contributed by atoms with Gasteiger partial charge in [0.05, 0.1) is 8.81 Å². The van der Waals surface area contributed by atoms with E-state index in [2.05, 4.69) is 29.8 Å². The molecule has 1 aromatic rings. The second-order valence-electron chi connectivity index (χ2n) is 3.65. The normalized spacial score (nSPS) is 12.1. The van der Waals surface area contributed by atoms with Crippen molar-refractivity contribution >= 4 is 38.9 Å². The maximum absolute atomic E-state index is 5.97. The average molecular weight is 283 g/mol. The zero-order valence-electron chi connectivity index (χ0n) is 7.73. The van der Waals surface area contributed by atoms with E-state index in [9.17, 15) is 0 Å². The molecule has 74 valence electrons. The van der Waals surface area contributed by atoms with Crippen LogP contribution < -0.4 is 5.73 Å². The summed E-state index contributed by atoms with van der Waals surface area (Å²) in [5.74, 6) is 0. The van der Waals surface area contributed by atoms with Crippen molar-refractivity contribution in [1.29, 1.82) is 0 Å². The average Bonchev–Trinajstić information content (AvgIpc) is 2.33. The van der Waals surface area contributed by atoms with Gasteiger partial charge in [0.15, 0.2) is 0 Å². The largest absolute Gasteiger partial charge is 0.330 e. The number of rotatable bonds is 3. The quantitative estimate of drug-likeness (QED) is 0.897. The van der Waals surface area contributed by atoms with Crippen molar-refractivity contribution in [2.45, 2.75) is 25.7 Å². The lowest BCUT2D eigenvalue weighted by atomic mass is 9.88. The smallest absolute Gasteiger partial charge is 0.0887 e. The lowest BCUT2D eigenvalue weighted by Gasteiger charge is -2.21. The third-order valence-corrected chi connectivity index (χ3v) is 4.92. The van der Waals surface area contributed by atoms with Gasteiger partial charge in [-0.3, -0.25) is 0 Å². The SMILES string of the molecule is CC(C)(CCN)c1cc(Cl)c(Br)s1. The first kappa shape index (κ1) is 11.5. The molecule has 0 saturated carbocycles. The van der Waals surface area contributed by atoms with Crippen LogP contribution in [0.5, 0.6) is 0 Å². The molecule has 0 amide bonds. The fourth-order valence-corrected chi connectivity index (χ4v) is 3.00. The highest BCUT2D eigenvalue weighted by Gasteiger charge is 2.22. The van der Waals surface area contributed by atoms with Crippen LogP contribution in [0.1, 0.15) is 25.1 Å². The van der Waals surface area contributed by atoms with Gasteiger partial charge < -0.3 is 5.73 Å². The highest BCUT2D eigenvalue weighted by Crippen LogP contribution is 2.39. The molecule has 0 aliphatic rings. The van der Waals surface area contributed by atoms with Crippen molar-refractivity contribution in [3.05, 3.63) is 19.8 Å². The molecule has 0 aliphatic heterocycles. The molecule has 13 heavy (non-hydrogen) atoms. The number of nitrogens with two attached hydrogens (primary N) is 1. The molecule has 1 nitrogen and oxygen atoms in total. The van der Waals surface area contributed by atoms with Gasteiger partial charge in [0.2, 0.25) is 0 Å². The van der Waals surface area contributed by atoms with Crippen molar-refractivity contribution in [1.82, 2.24) is 0 Å². The molecular formula is C9H13BrClNS. The highest BCUT2D eigenvalue weighted by atomic mass is 79.9. The van der Waals surface area contributed by atoms with E-state index in [4.69, 9.17) is 17.3 Å². The summed E-state index contributed by atoms with van der Waals surface area (Å²) in [7, 11) is 0. The molecular weight excluding hydrogens is 270 g/mol. The second kappa shape index (κ2) is 4.30. The summed E-state index contributed by atoms with van der Waals surface area (Å²) in [5, 5.41) is 0.796. The topological polar surface area (TPSA) is 26.0 Å². The first-order valence-electron chi connectivity index (χ1n) is 4.13. The van der Waals surface area contributed by atoms with Crippen LogP contribution in [0.2, 0.25) is 5.02 Å². The van der Waals surface area contributed by atoms with E-state index in [0.29, 0.717) is 6.54 Å². The number of hydrogen-bond acceptors (Lipinski definition) is 2. The van der Waals surface area contributed by atoms with E-state index in [1.54, 1.807) is 11.3 Å². The Kier molecular flexibility index (Phi) is 3.81. The number of halogens is 2. The molecule has 0 atom stereocenters. The van der Waals surface area contributed by atoms with E-state index in [1.807, 2.05) is 6.07 Å². The summed E-state index contributed by atoms with van der Waals surface area (Å²) in [5.41, 5.74) is 5.69. The molecule has 1 heterocycles. The molecule has 0 radical (unpaired) electrons. The molecule has 0 bridgehead atoms. The van der Waals surface area contributed by atoms with Crippen LogP contribution in [0.3, 0.4) is 0 Å². The predicted molar refractivity (Wildman–Crippen MR) is 63.7 cm³/mol. The molecule has 1 rings (SSSR count). The van der Waals surface area contributed by atoms with E-state index in [0.717, 1.165) is 15.2 Å². The van der Waals surface area contributed by atoms with Gasteiger partial charge in [-0.15, -0.1) is 11.3 Å². The number of hydrogen-bond donors (Lipinski definition) is 1. The highest BCUT2D eigenvalue weighted by molar-refractivity contribution is 9.11. The Labute approximate surface area is 96.4 Å². The Balaban J connectivity index is 2.93. The summed E-state index contributed by atoms with van der Waals surface area (Å²) in [6.45, 7) is 5.09. The third-order valence-electron chi connectivity index (χ3n) is 2.08. The summed E-state index contributed by atoms with van der Waals surface area (Å²) >= 11 is 11.1. The fourth-order valence-electron chi connectivity index (χ4n) is 1.16. The maximum Gasteiger partial charge on any atom is 0.0887 e. The van der Waals surface area contributed by atoms with Crippen LogP contribution in [-0.2, 0) is 5.41 Å². The van der Waals surface area contributed by atoms with Crippen LogP contribution in [0.4, 0.5) is 0 Å². The minimum absolute atomic E-state index is 0.134. The van der Waals surface area contributed by atoms with E-state index < -0.39 is 0 Å². The molecule has 0 saturated heterocycles. The lowest BCUT2D eigenvalue weighted by molar-refractivity contribution is 0.497. The standard InChI is InChI=1S/C9H13BrClNS/c1-9(2,3-4-12)7-5-6(11)8(10)13-7/h5H,3-4,12H2,1-2H3. The van der Waals surface area contributed by atoms with Gasteiger partial charge in [-0.05, 0) is 35.0 Å². The van der Waals surface area contributed by atoms with Gasteiger partial charge in [0.25, 0.3) is 0 Å². The van der Waals surface area contributed by atoms with Crippen LogP contribution in [0, 0.1) is 0 Å². The molecule has 0 unspecified atom stereocenters. The first-order chi connectivity index (χ1) is 5.97. The van der Waals surface area contributed by atoms with E-state index in [1.165, 1.54) is 4.88 Å². The molecule has 4 heteroatoms. The van der Waals surface area contributed by atoms with Crippen molar-refractivity contribution < 1.29 is 0 Å². The minimum atomic E-state index is 0.134. The van der Waals surface area contributed by atoms with Gasteiger partial charge in [0.1, 0.15) is 0 Å². The van der Waals surface area contributed by atoms with Crippen LogP contribution in [-0.4, -0.2) is 6.54 Å². The van der Waals surface area contributed by atoms with Crippen LogP contribution in [0.25, 0.3) is 0 Å². The summed E-state index contributed by atoms with van der Waals surface area (Å²) in [6.07, 6.45) is 0.982. The van der Waals surface area contributed by atoms with Gasteiger partial charge in [0, 0.05) is 10.3 Å². The summed E-state index contributed by atoms with van der Waals surface area (Å²) in [6, 6.07) is 2.02. The van der Waals surface area contributed by atoms with Gasteiger partial charge >= 0.3 is 0 Å². The van der Waals surface area contributed by atoms with E-state index in [-0.39, 0.29) is 5.41 Å². The van der Waals surface area contributed by atoms with Gasteiger partial charge in [-0.2, -0.15) is 0 Å². The lowest BCUT2D eigenvalue weighted by Crippen LogP contribution is -2.20. The first-order valence-corrected chi connectivity index (χ1v) is 6.11. The fraction of sp³-hybridized carbons (Fsp3) is 0.556. The minimum Gasteiger partial charge on any atom is -0.330 e. The third kappa shape index (κ3) is 2.69. The Morgan fingerprint density at radius 3 is 2.62 bits per heavy atom. The van der Waals surface area contributed by atoms with Crippen LogP contribution in [0.15, 0.2) is 9.85 Å².